The van der Waals surface area contributed by atoms with Gasteiger partial charge in [-0.05, 0) is 37.2 Å². The number of anilines is 1. The SMILES string of the molecule is CNS(=O)(=O)Cc1ccc(CNC(=O)C(=O)Nc2ccc(C)cc2)cc1. The second-order valence-corrected chi connectivity index (χ2v) is 7.71. The molecule has 0 aliphatic carbocycles. The number of sulfonamides is 1. The molecule has 2 aromatic rings. The molecule has 0 aliphatic heterocycles. The largest absolute Gasteiger partial charge is 0.344 e. The first-order chi connectivity index (χ1) is 12.3. The smallest absolute Gasteiger partial charge is 0.313 e. The molecule has 7 nitrogen and oxygen atoms in total. The molecular weight excluding hydrogens is 354 g/mol. The zero-order chi connectivity index (χ0) is 19.2. The van der Waals surface area contributed by atoms with E-state index in [1.165, 1.54) is 7.05 Å². The third kappa shape index (κ3) is 5.98. The van der Waals surface area contributed by atoms with Gasteiger partial charge in [-0.1, -0.05) is 42.0 Å². The molecule has 0 saturated heterocycles. The van der Waals surface area contributed by atoms with Crippen LogP contribution in [0.2, 0.25) is 0 Å². The Balaban J connectivity index is 1.86. The highest BCUT2D eigenvalue weighted by molar-refractivity contribution is 7.88. The Labute approximate surface area is 152 Å². The van der Waals surface area contributed by atoms with Crippen molar-refractivity contribution >= 4 is 27.5 Å². The lowest BCUT2D eigenvalue weighted by Crippen LogP contribution is -2.34. The van der Waals surface area contributed by atoms with E-state index >= 15 is 0 Å². The number of carbonyl (C=O) groups is 2. The van der Waals surface area contributed by atoms with Gasteiger partial charge in [0.1, 0.15) is 0 Å². The second kappa shape index (κ2) is 8.59. The lowest BCUT2D eigenvalue weighted by molar-refractivity contribution is -0.136. The van der Waals surface area contributed by atoms with E-state index in [1.54, 1.807) is 36.4 Å². The van der Waals surface area contributed by atoms with E-state index in [0.717, 1.165) is 11.1 Å². The van der Waals surface area contributed by atoms with Gasteiger partial charge in [0.2, 0.25) is 10.0 Å². The Bertz CT molecular complexity index is 876. The molecule has 0 spiro atoms. The number of hydrogen-bond acceptors (Lipinski definition) is 4. The number of hydrogen-bond donors (Lipinski definition) is 3. The molecule has 0 unspecified atom stereocenters. The summed E-state index contributed by atoms with van der Waals surface area (Å²) < 4.78 is 25.3. The third-order valence-electron chi connectivity index (χ3n) is 3.66. The Morgan fingerprint density at radius 3 is 2.04 bits per heavy atom. The fourth-order valence-corrected chi connectivity index (χ4v) is 2.91. The summed E-state index contributed by atoms with van der Waals surface area (Å²) in [5.41, 5.74) is 2.99. The topological polar surface area (TPSA) is 104 Å². The average molecular weight is 375 g/mol. The number of aryl methyl sites for hydroxylation is 1. The predicted octanol–water partition coefficient (Wildman–Crippen LogP) is 1.30. The van der Waals surface area contributed by atoms with Crippen LogP contribution in [-0.4, -0.2) is 27.3 Å². The number of rotatable bonds is 6. The first-order valence-corrected chi connectivity index (χ1v) is 9.59. The third-order valence-corrected chi connectivity index (χ3v) is 4.99. The van der Waals surface area contributed by atoms with Gasteiger partial charge in [-0.15, -0.1) is 0 Å². The number of benzene rings is 2. The van der Waals surface area contributed by atoms with Crippen LogP contribution >= 0.6 is 0 Å². The molecule has 26 heavy (non-hydrogen) atoms. The van der Waals surface area contributed by atoms with Crippen LogP contribution in [0, 0.1) is 6.92 Å². The van der Waals surface area contributed by atoms with Gasteiger partial charge in [0.25, 0.3) is 0 Å². The van der Waals surface area contributed by atoms with Gasteiger partial charge in [0.05, 0.1) is 5.75 Å². The summed E-state index contributed by atoms with van der Waals surface area (Å²) >= 11 is 0. The minimum absolute atomic E-state index is 0.116. The van der Waals surface area contributed by atoms with Crippen LogP contribution in [0.15, 0.2) is 48.5 Å². The molecule has 2 rings (SSSR count). The lowest BCUT2D eigenvalue weighted by atomic mass is 10.1. The molecule has 3 N–H and O–H groups in total. The molecule has 0 atom stereocenters. The maximum Gasteiger partial charge on any atom is 0.313 e. The number of carbonyl (C=O) groups excluding carboxylic acids is 2. The van der Waals surface area contributed by atoms with E-state index in [-0.39, 0.29) is 12.3 Å². The molecule has 2 amide bonds. The van der Waals surface area contributed by atoms with Crippen LogP contribution in [-0.2, 0) is 31.9 Å². The molecule has 0 bridgehead atoms. The van der Waals surface area contributed by atoms with Gasteiger partial charge in [-0.3, -0.25) is 9.59 Å². The van der Waals surface area contributed by atoms with Crippen molar-refractivity contribution in [3.63, 3.8) is 0 Å². The van der Waals surface area contributed by atoms with Crippen molar-refractivity contribution in [2.45, 2.75) is 19.2 Å². The molecule has 0 saturated carbocycles. The first-order valence-electron chi connectivity index (χ1n) is 7.94. The molecule has 0 radical (unpaired) electrons. The van der Waals surface area contributed by atoms with Crippen LogP contribution in [0.25, 0.3) is 0 Å². The summed E-state index contributed by atoms with van der Waals surface area (Å²) in [5, 5.41) is 5.05. The van der Waals surface area contributed by atoms with Gasteiger partial charge < -0.3 is 10.6 Å². The van der Waals surface area contributed by atoms with E-state index in [0.29, 0.717) is 11.3 Å². The highest BCUT2D eigenvalue weighted by atomic mass is 32.2. The summed E-state index contributed by atoms with van der Waals surface area (Å²) in [6, 6.07) is 13.9. The van der Waals surface area contributed by atoms with Crippen LogP contribution in [0.5, 0.6) is 0 Å². The van der Waals surface area contributed by atoms with Crippen LogP contribution in [0.3, 0.4) is 0 Å². The van der Waals surface area contributed by atoms with Crippen molar-refractivity contribution in [1.82, 2.24) is 10.0 Å². The summed E-state index contributed by atoms with van der Waals surface area (Å²) in [6.07, 6.45) is 0. The van der Waals surface area contributed by atoms with E-state index in [9.17, 15) is 18.0 Å². The standard InChI is InChI=1S/C18H21N3O4S/c1-13-3-9-16(10-4-13)21-18(23)17(22)20-11-14-5-7-15(8-6-14)12-26(24,25)19-2/h3-10,19H,11-12H2,1-2H3,(H,20,22)(H,21,23). The highest BCUT2D eigenvalue weighted by Crippen LogP contribution is 2.09. The van der Waals surface area contributed by atoms with E-state index in [2.05, 4.69) is 15.4 Å². The van der Waals surface area contributed by atoms with E-state index in [4.69, 9.17) is 0 Å². The van der Waals surface area contributed by atoms with Crippen LogP contribution < -0.4 is 15.4 Å². The van der Waals surface area contributed by atoms with Crippen molar-refractivity contribution in [2.75, 3.05) is 12.4 Å². The normalized spacial score (nSPS) is 11.0. The summed E-state index contributed by atoms with van der Waals surface area (Å²) in [7, 11) is -1.97. The fraction of sp³-hybridized carbons (Fsp3) is 0.222. The lowest BCUT2D eigenvalue weighted by Gasteiger charge is -2.08. The van der Waals surface area contributed by atoms with Gasteiger partial charge in [-0.2, -0.15) is 0 Å². The summed E-state index contributed by atoms with van der Waals surface area (Å²) in [5.74, 6) is -1.60. The Hall–Kier alpha value is -2.71. The fourth-order valence-electron chi connectivity index (χ4n) is 2.13. The predicted molar refractivity (Wildman–Crippen MR) is 99.8 cm³/mol. The van der Waals surface area contributed by atoms with E-state index in [1.807, 2.05) is 19.1 Å². The zero-order valence-electron chi connectivity index (χ0n) is 14.6. The molecule has 8 heteroatoms. The maximum absolute atomic E-state index is 11.9. The second-order valence-electron chi connectivity index (χ2n) is 5.78. The highest BCUT2D eigenvalue weighted by Gasteiger charge is 2.13. The minimum Gasteiger partial charge on any atom is -0.344 e. The van der Waals surface area contributed by atoms with Crippen LogP contribution in [0.4, 0.5) is 5.69 Å². The summed E-state index contributed by atoms with van der Waals surface area (Å²) in [4.78, 5) is 23.7. The maximum atomic E-state index is 11.9. The van der Waals surface area contributed by atoms with Crippen molar-refractivity contribution in [3.8, 4) is 0 Å². The molecule has 0 heterocycles. The monoisotopic (exact) mass is 375 g/mol. The Morgan fingerprint density at radius 2 is 1.46 bits per heavy atom. The molecule has 0 aliphatic rings. The van der Waals surface area contributed by atoms with Gasteiger partial charge in [0, 0.05) is 12.2 Å². The first kappa shape index (κ1) is 19.6. The molecule has 2 aromatic carbocycles. The van der Waals surface area contributed by atoms with Gasteiger partial charge in [-0.25, -0.2) is 13.1 Å². The summed E-state index contributed by atoms with van der Waals surface area (Å²) in [6.45, 7) is 2.09. The van der Waals surface area contributed by atoms with Crippen molar-refractivity contribution < 1.29 is 18.0 Å². The Kier molecular flexibility index (Phi) is 6.48. The van der Waals surface area contributed by atoms with E-state index < -0.39 is 21.8 Å². The molecule has 0 aromatic heterocycles. The number of nitrogens with one attached hydrogen (secondary N) is 3. The molecule has 138 valence electrons. The zero-order valence-corrected chi connectivity index (χ0v) is 15.4. The Morgan fingerprint density at radius 1 is 0.885 bits per heavy atom. The van der Waals surface area contributed by atoms with Gasteiger partial charge in [0.15, 0.2) is 0 Å². The average Bonchev–Trinajstić information content (AvgIpc) is 2.62. The molecular formula is C18H21N3O4S. The van der Waals surface area contributed by atoms with Gasteiger partial charge >= 0.3 is 11.8 Å². The quantitative estimate of drug-likeness (QED) is 0.662. The molecule has 0 fully saturated rings. The van der Waals surface area contributed by atoms with Crippen molar-refractivity contribution in [2.24, 2.45) is 0 Å². The van der Waals surface area contributed by atoms with Crippen molar-refractivity contribution in [1.29, 1.82) is 0 Å². The van der Waals surface area contributed by atoms with Crippen LogP contribution in [0.1, 0.15) is 16.7 Å². The number of amides is 2. The minimum atomic E-state index is -3.33. The van der Waals surface area contributed by atoms with Crippen molar-refractivity contribution in [3.05, 3.63) is 65.2 Å².